The number of hydrogen-bond acceptors (Lipinski definition) is 2. The van der Waals surface area contributed by atoms with Crippen LogP contribution in [0.5, 0.6) is 0 Å². The van der Waals surface area contributed by atoms with E-state index >= 15 is 0 Å². The second-order valence-electron chi connectivity index (χ2n) is 4.69. The van der Waals surface area contributed by atoms with Gasteiger partial charge in [-0.05, 0) is 30.9 Å². The van der Waals surface area contributed by atoms with Gasteiger partial charge in [0.25, 0.3) is 0 Å². The Labute approximate surface area is 108 Å². The van der Waals surface area contributed by atoms with Gasteiger partial charge in [-0.3, -0.25) is 11.3 Å². The van der Waals surface area contributed by atoms with Gasteiger partial charge in [0.2, 0.25) is 0 Å². The van der Waals surface area contributed by atoms with E-state index in [1.165, 1.54) is 18.2 Å². The lowest BCUT2D eigenvalue weighted by atomic mass is 9.91. The first-order chi connectivity index (χ1) is 8.62. The highest BCUT2D eigenvalue weighted by Crippen LogP contribution is 2.20. The van der Waals surface area contributed by atoms with Gasteiger partial charge in [-0.1, -0.05) is 32.8 Å². The van der Waals surface area contributed by atoms with E-state index in [1.54, 1.807) is 0 Å². The van der Waals surface area contributed by atoms with Gasteiger partial charge < -0.3 is 0 Å². The molecule has 0 aliphatic heterocycles. The van der Waals surface area contributed by atoms with Crippen molar-refractivity contribution >= 4 is 0 Å². The minimum absolute atomic E-state index is 0.0960. The van der Waals surface area contributed by atoms with Gasteiger partial charge in [0.1, 0.15) is 11.6 Å². The molecule has 1 rings (SSSR count). The molecule has 3 N–H and O–H groups in total. The number of benzene rings is 1. The monoisotopic (exact) mass is 256 g/mol. The average Bonchev–Trinajstić information content (AvgIpc) is 2.38. The Hall–Kier alpha value is -1.00. The fourth-order valence-corrected chi connectivity index (χ4v) is 2.21. The third-order valence-corrected chi connectivity index (χ3v) is 3.52. The first-order valence-electron chi connectivity index (χ1n) is 6.51. The first-order valence-corrected chi connectivity index (χ1v) is 6.51. The maximum absolute atomic E-state index is 13.5. The van der Waals surface area contributed by atoms with Crippen molar-refractivity contribution in [3.05, 3.63) is 35.4 Å². The van der Waals surface area contributed by atoms with Crippen LogP contribution in [0.25, 0.3) is 0 Å². The molecular weight excluding hydrogens is 234 g/mol. The van der Waals surface area contributed by atoms with E-state index in [0.717, 1.165) is 19.3 Å². The van der Waals surface area contributed by atoms with Crippen molar-refractivity contribution in [2.75, 3.05) is 0 Å². The Morgan fingerprint density at radius 3 is 2.17 bits per heavy atom. The van der Waals surface area contributed by atoms with Crippen LogP contribution in [0.1, 0.15) is 38.7 Å². The Balaban J connectivity index is 2.73. The summed E-state index contributed by atoms with van der Waals surface area (Å²) in [5.74, 6) is 5.01. The zero-order valence-corrected chi connectivity index (χ0v) is 11.0. The quantitative estimate of drug-likeness (QED) is 0.581. The molecule has 0 heterocycles. The summed E-state index contributed by atoms with van der Waals surface area (Å²) < 4.78 is 27.1. The molecule has 18 heavy (non-hydrogen) atoms. The Morgan fingerprint density at radius 2 is 1.72 bits per heavy atom. The maximum Gasteiger partial charge on any atom is 0.129 e. The number of hydrazine groups is 1. The van der Waals surface area contributed by atoms with Crippen molar-refractivity contribution in [3.8, 4) is 0 Å². The molecule has 1 aromatic carbocycles. The van der Waals surface area contributed by atoms with Crippen molar-refractivity contribution in [3.63, 3.8) is 0 Å². The van der Waals surface area contributed by atoms with E-state index in [0.29, 0.717) is 5.92 Å². The van der Waals surface area contributed by atoms with E-state index in [9.17, 15) is 8.78 Å². The van der Waals surface area contributed by atoms with Gasteiger partial charge in [-0.15, -0.1) is 0 Å². The summed E-state index contributed by atoms with van der Waals surface area (Å²) in [6.45, 7) is 4.23. The molecule has 102 valence electrons. The van der Waals surface area contributed by atoms with Crippen LogP contribution >= 0.6 is 0 Å². The van der Waals surface area contributed by atoms with E-state index in [2.05, 4.69) is 19.3 Å². The van der Waals surface area contributed by atoms with Crippen molar-refractivity contribution < 1.29 is 8.78 Å². The Morgan fingerprint density at radius 1 is 1.17 bits per heavy atom. The molecule has 0 radical (unpaired) electrons. The largest absolute Gasteiger partial charge is 0.271 e. The van der Waals surface area contributed by atoms with Crippen LogP contribution in [0, 0.1) is 17.6 Å². The second-order valence-corrected chi connectivity index (χ2v) is 4.69. The van der Waals surface area contributed by atoms with Crippen molar-refractivity contribution in [1.82, 2.24) is 5.43 Å². The van der Waals surface area contributed by atoms with E-state index in [4.69, 9.17) is 5.84 Å². The van der Waals surface area contributed by atoms with Gasteiger partial charge in [0.05, 0.1) is 0 Å². The molecule has 0 bridgehead atoms. The molecule has 0 saturated heterocycles. The molecule has 4 heteroatoms. The van der Waals surface area contributed by atoms with Gasteiger partial charge in [-0.2, -0.15) is 0 Å². The topological polar surface area (TPSA) is 38.0 Å². The predicted octanol–water partition coefficient (Wildman–Crippen LogP) is 3.17. The van der Waals surface area contributed by atoms with Crippen LogP contribution in [-0.4, -0.2) is 6.04 Å². The molecule has 1 atom stereocenters. The molecule has 0 spiro atoms. The molecule has 0 saturated carbocycles. The summed E-state index contributed by atoms with van der Waals surface area (Å²) in [6, 6.07) is 3.84. The summed E-state index contributed by atoms with van der Waals surface area (Å²) in [7, 11) is 0. The highest BCUT2D eigenvalue weighted by atomic mass is 19.1. The van der Waals surface area contributed by atoms with Crippen molar-refractivity contribution in [2.24, 2.45) is 11.8 Å². The summed E-state index contributed by atoms with van der Waals surface area (Å²) in [6.07, 6.45) is 3.21. The minimum Gasteiger partial charge on any atom is -0.271 e. The smallest absolute Gasteiger partial charge is 0.129 e. The Bertz CT molecular complexity index is 345. The van der Waals surface area contributed by atoms with E-state index in [-0.39, 0.29) is 18.0 Å². The lowest BCUT2D eigenvalue weighted by Crippen LogP contribution is -2.38. The number of hydrogen-bond donors (Lipinski definition) is 2. The van der Waals surface area contributed by atoms with Crippen LogP contribution < -0.4 is 11.3 Å². The fourth-order valence-electron chi connectivity index (χ4n) is 2.21. The number of nitrogens with one attached hydrogen (secondary N) is 1. The standard InChI is InChI=1S/C14H22F2N2/c1-3-10(4-2)8-11(18-17)9-12-13(15)6-5-7-14(12)16/h5-7,10-11,18H,3-4,8-9,17H2,1-2H3. The first kappa shape index (κ1) is 15.1. The minimum atomic E-state index is -0.500. The molecular formula is C14H22F2N2. The summed E-state index contributed by atoms with van der Waals surface area (Å²) >= 11 is 0. The van der Waals surface area contributed by atoms with Gasteiger partial charge in [0.15, 0.2) is 0 Å². The highest BCUT2D eigenvalue weighted by Gasteiger charge is 2.17. The van der Waals surface area contributed by atoms with Gasteiger partial charge in [0, 0.05) is 11.6 Å². The normalized spacial score (nSPS) is 13.0. The van der Waals surface area contributed by atoms with E-state index < -0.39 is 11.6 Å². The van der Waals surface area contributed by atoms with Crippen LogP contribution in [0.15, 0.2) is 18.2 Å². The van der Waals surface area contributed by atoms with Crippen LogP contribution in [0.4, 0.5) is 8.78 Å². The van der Waals surface area contributed by atoms with Crippen LogP contribution in [0.3, 0.4) is 0 Å². The number of halogens is 2. The third-order valence-electron chi connectivity index (χ3n) is 3.52. The summed E-state index contributed by atoms with van der Waals surface area (Å²) in [5, 5.41) is 0. The van der Waals surface area contributed by atoms with Crippen LogP contribution in [-0.2, 0) is 6.42 Å². The maximum atomic E-state index is 13.5. The summed E-state index contributed by atoms with van der Waals surface area (Å²) in [4.78, 5) is 0. The fraction of sp³-hybridized carbons (Fsp3) is 0.571. The predicted molar refractivity (Wildman–Crippen MR) is 69.9 cm³/mol. The Kier molecular flexibility index (Phi) is 6.22. The molecule has 1 aromatic rings. The molecule has 0 amide bonds. The third kappa shape index (κ3) is 4.03. The van der Waals surface area contributed by atoms with Crippen molar-refractivity contribution in [2.45, 2.75) is 45.6 Å². The second kappa shape index (κ2) is 7.44. The average molecular weight is 256 g/mol. The molecule has 0 aliphatic rings. The number of nitrogens with two attached hydrogens (primary N) is 1. The lowest BCUT2D eigenvalue weighted by Gasteiger charge is -2.21. The molecule has 2 nitrogen and oxygen atoms in total. The molecule has 0 aliphatic carbocycles. The highest BCUT2D eigenvalue weighted by molar-refractivity contribution is 5.20. The SMILES string of the molecule is CCC(CC)CC(Cc1c(F)cccc1F)NN. The van der Waals surface area contributed by atoms with Crippen molar-refractivity contribution in [1.29, 1.82) is 0 Å². The lowest BCUT2D eigenvalue weighted by molar-refractivity contribution is 0.361. The van der Waals surface area contributed by atoms with Gasteiger partial charge in [-0.25, -0.2) is 8.78 Å². The molecule has 0 fully saturated rings. The molecule has 1 unspecified atom stereocenters. The molecule has 0 aromatic heterocycles. The summed E-state index contributed by atoms with van der Waals surface area (Å²) in [5.41, 5.74) is 2.79. The zero-order chi connectivity index (χ0) is 13.5. The van der Waals surface area contributed by atoms with Crippen LogP contribution in [0.2, 0.25) is 0 Å². The van der Waals surface area contributed by atoms with Gasteiger partial charge >= 0.3 is 0 Å². The zero-order valence-electron chi connectivity index (χ0n) is 11.0. The number of rotatable bonds is 7. The van der Waals surface area contributed by atoms with E-state index in [1.807, 2.05) is 0 Å².